The molecule has 10 heteroatoms. The first kappa shape index (κ1) is 20.1. The van der Waals surface area contributed by atoms with E-state index in [2.05, 4.69) is 4.72 Å². The average Bonchev–Trinajstić information content (AvgIpc) is 2.54. The van der Waals surface area contributed by atoms with Crippen LogP contribution < -0.4 is 9.46 Å². The first-order chi connectivity index (χ1) is 11.6. The molecule has 1 aliphatic rings. The van der Waals surface area contributed by atoms with Crippen LogP contribution in [-0.2, 0) is 20.0 Å². The van der Waals surface area contributed by atoms with Gasteiger partial charge in [-0.2, -0.15) is 4.31 Å². The topological polar surface area (TPSA) is 96.0 Å². The Hall–Kier alpha value is -1.20. The highest BCUT2D eigenvalue weighted by atomic mass is 32.2. The lowest BCUT2D eigenvalue weighted by atomic mass is 10.2. The van der Waals surface area contributed by atoms with Gasteiger partial charge in [0.2, 0.25) is 20.0 Å². The third kappa shape index (κ3) is 5.38. The molecule has 1 heterocycles. The molecule has 1 aromatic carbocycles. The minimum absolute atomic E-state index is 0.202. The number of sulfonamides is 2. The highest BCUT2D eigenvalue weighted by Gasteiger charge is 2.23. The number of ether oxygens (including phenoxy) is 1. The van der Waals surface area contributed by atoms with Crippen molar-refractivity contribution in [3.05, 3.63) is 23.8 Å². The van der Waals surface area contributed by atoms with E-state index < -0.39 is 20.0 Å². The van der Waals surface area contributed by atoms with Gasteiger partial charge in [0.15, 0.2) is 0 Å². The summed E-state index contributed by atoms with van der Waals surface area (Å²) in [5.74, 6) is 0.641. The van der Waals surface area contributed by atoms with Crippen molar-refractivity contribution in [1.82, 2.24) is 13.9 Å². The second kappa shape index (κ2) is 8.00. The van der Waals surface area contributed by atoms with Gasteiger partial charge in [0, 0.05) is 39.3 Å². The van der Waals surface area contributed by atoms with Crippen molar-refractivity contribution in [2.75, 3.05) is 52.6 Å². The minimum Gasteiger partial charge on any atom is -0.496 e. The van der Waals surface area contributed by atoms with E-state index in [1.165, 1.54) is 23.7 Å². The van der Waals surface area contributed by atoms with Crippen LogP contribution in [0.5, 0.6) is 5.75 Å². The fourth-order valence-corrected chi connectivity index (χ4v) is 4.66. The standard InChI is InChI=1S/C15H25N3O5S2/c1-13-12-14(4-5-15(13)23-2)25(21,22)16-6-7-17-8-10-18(11-9-17)24(3,19)20/h4-5,12,16H,6-11H2,1-3H3. The molecule has 0 amide bonds. The van der Waals surface area contributed by atoms with Crippen LogP contribution in [0.25, 0.3) is 0 Å². The molecule has 0 aliphatic carbocycles. The summed E-state index contributed by atoms with van der Waals surface area (Å²) in [5, 5.41) is 0. The molecule has 1 fully saturated rings. The monoisotopic (exact) mass is 391 g/mol. The van der Waals surface area contributed by atoms with Crippen LogP contribution in [0, 0.1) is 6.92 Å². The first-order valence-corrected chi connectivity index (χ1v) is 11.3. The largest absolute Gasteiger partial charge is 0.496 e. The zero-order chi connectivity index (χ0) is 18.7. The summed E-state index contributed by atoms with van der Waals surface area (Å²) in [6, 6.07) is 4.72. The summed E-state index contributed by atoms with van der Waals surface area (Å²) >= 11 is 0. The smallest absolute Gasteiger partial charge is 0.240 e. The molecule has 2 rings (SSSR count). The van der Waals surface area contributed by atoms with E-state index in [1.807, 2.05) is 4.90 Å². The van der Waals surface area contributed by atoms with E-state index >= 15 is 0 Å². The van der Waals surface area contributed by atoms with Crippen LogP contribution >= 0.6 is 0 Å². The third-order valence-corrected chi connectivity index (χ3v) is 6.96. The molecule has 0 saturated carbocycles. The molecule has 0 atom stereocenters. The van der Waals surface area contributed by atoms with Gasteiger partial charge in [0.05, 0.1) is 18.3 Å². The summed E-state index contributed by atoms with van der Waals surface area (Å²) < 4.78 is 56.8. The molecule has 1 saturated heterocycles. The zero-order valence-corrected chi connectivity index (χ0v) is 16.4. The molecular formula is C15H25N3O5S2. The maximum absolute atomic E-state index is 12.4. The Kier molecular flexibility index (Phi) is 6.44. The van der Waals surface area contributed by atoms with Gasteiger partial charge in [0.1, 0.15) is 5.75 Å². The number of hydrogen-bond acceptors (Lipinski definition) is 6. The molecule has 25 heavy (non-hydrogen) atoms. The zero-order valence-electron chi connectivity index (χ0n) is 14.7. The van der Waals surface area contributed by atoms with Gasteiger partial charge in [-0.05, 0) is 30.7 Å². The summed E-state index contributed by atoms with van der Waals surface area (Å²) in [5.41, 5.74) is 0.752. The van der Waals surface area contributed by atoms with Gasteiger partial charge in [-0.15, -0.1) is 0 Å². The highest BCUT2D eigenvalue weighted by Crippen LogP contribution is 2.21. The molecule has 1 aliphatic heterocycles. The molecule has 142 valence electrons. The Labute approximate surface area is 149 Å². The molecule has 0 radical (unpaired) electrons. The number of hydrogen-bond donors (Lipinski definition) is 1. The van der Waals surface area contributed by atoms with Gasteiger partial charge < -0.3 is 4.74 Å². The summed E-state index contributed by atoms with van der Waals surface area (Å²) in [6.07, 6.45) is 1.20. The van der Waals surface area contributed by atoms with E-state index in [9.17, 15) is 16.8 Å². The van der Waals surface area contributed by atoms with Crippen molar-refractivity contribution in [1.29, 1.82) is 0 Å². The second-order valence-electron chi connectivity index (χ2n) is 6.03. The van der Waals surface area contributed by atoms with Crippen LogP contribution in [0.4, 0.5) is 0 Å². The van der Waals surface area contributed by atoms with E-state index in [1.54, 1.807) is 19.1 Å². The maximum Gasteiger partial charge on any atom is 0.240 e. The Bertz CT molecular complexity index is 800. The fraction of sp³-hybridized carbons (Fsp3) is 0.600. The van der Waals surface area contributed by atoms with Crippen molar-refractivity contribution in [3.63, 3.8) is 0 Å². The third-order valence-electron chi connectivity index (χ3n) is 4.20. The van der Waals surface area contributed by atoms with Crippen LogP contribution in [-0.4, -0.2) is 78.7 Å². The first-order valence-electron chi connectivity index (χ1n) is 7.95. The number of nitrogens with zero attached hydrogens (tertiary/aromatic N) is 2. The van der Waals surface area contributed by atoms with Crippen molar-refractivity contribution in [3.8, 4) is 5.75 Å². The van der Waals surface area contributed by atoms with Gasteiger partial charge in [-0.25, -0.2) is 21.6 Å². The number of nitrogens with one attached hydrogen (secondary N) is 1. The molecule has 0 unspecified atom stereocenters. The van der Waals surface area contributed by atoms with Crippen LogP contribution in [0.1, 0.15) is 5.56 Å². The number of methoxy groups -OCH3 is 1. The Morgan fingerprint density at radius 1 is 1.12 bits per heavy atom. The summed E-state index contributed by atoms with van der Waals surface area (Å²) in [4.78, 5) is 2.25. The molecule has 1 aromatic rings. The minimum atomic E-state index is -3.58. The number of benzene rings is 1. The predicted molar refractivity (Wildman–Crippen MR) is 95.8 cm³/mol. The van der Waals surface area contributed by atoms with E-state index in [4.69, 9.17) is 4.74 Å². The van der Waals surface area contributed by atoms with Crippen molar-refractivity contribution >= 4 is 20.0 Å². The maximum atomic E-state index is 12.4. The summed E-state index contributed by atoms with van der Waals surface area (Å²) in [7, 11) is -5.20. The normalized spacial score (nSPS) is 17.6. The fourth-order valence-electron chi connectivity index (χ4n) is 2.72. The van der Waals surface area contributed by atoms with E-state index in [-0.39, 0.29) is 11.4 Å². The van der Waals surface area contributed by atoms with E-state index in [0.717, 1.165) is 5.56 Å². The summed E-state index contributed by atoms with van der Waals surface area (Å²) in [6.45, 7) is 4.65. The Morgan fingerprint density at radius 2 is 1.76 bits per heavy atom. The number of piperazine rings is 1. The van der Waals surface area contributed by atoms with Gasteiger partial charge in [0.25, 0.3) is 0 Å². The molecule has 0 bridgehead atoms. The van der Waals surface area contributed by atoms with E-state index in [0.29, 0.717) is 38.5 Å². The lowest BCUT2D eigenvalue weighted by Gasteiger charge is -2.33. The Balaban J connectivity index is 1.86. The lowest BCUT2D eigenvalue weighted by molar-refractivity contribution is 0.192. The van der Waals surface area contributed by atoms with Gasteiger partial charge in [-0.3, -0.25) is 4.90 Å². The molecular weight excluding hydrogens is 366 g/mol. The highest BCUT2D eigenvalue weighted by molar-refractivity contribution is 7.89. The van der Waals surface area contributed by atoms with Crippen LogP contribution in [0.3, 0.4) is 0 Å². The van der Waals surface area contributed by atoms with Crippen LogP contribution in [0.15, 0.2) is 23.1 Å². The van der Waals surface area contributed by atoms with Gasteiger partial charge >= 0.3 is 0 Å². The molecule has 0 aromatic heterocycles. The Morgan fingerprint density at radius 3 is 2.28 bits per heavy atom. The second-order valence-corrected chi connectivity index (χ2v) is 9.78. The molecule has 1 N–H and O–H groups in total. The number of aryl methyl sites for hydroxylation is 1. The van der Waals surface area contributed by atoms with Crippen molar-refractivity contribution in [2.45, 2.75) is 11.8 Å². The number of rotatable bonds is 7. The lowest BCUT2D eigenvalue weighted by Crippen LogP contribution is -2.49. The molecule has 0 spiro atoms. The van der Waals surface area contributed by atoms with Crippen molar-refractivity contribution in [2.24, 2.45) is 0 Å². The SMILES string of the molecule is COc1ccc(S(=O)(=O)NCCN2CCN(S(C)(=O)=O)CC2)cc1C. The quantitative estimate of drug-likeness (QED) is 0.695. The van der Waals surface area contributed by atoms with Crippen molar-refractivity contribution < 1.29 is 21.6 Å². The van der Waals surface area contributed by atoms with Gasteiger partial charge in [-0.1, -0.05) is 0 Å². The average molecular weight is 392 g/mol. The molecule has 8 nitrogen and oxygen atoms in total. The predicted octanol–water partition coefficient (Wildman–Crippen LogP) is -0.141. The van der Waals surface area contributed by atoms with Crippen LogP contribution in [0.2, 0.25) is 0 Å².